The lowest BCUT2D eigenvalue weighted by Crippen LogP contribution is -2.16. The number of rotatable bonds is 4. The zero-order chi connectivity index (χ0) is 24.1. The normalized spacial score (nSPS) is 12.3. The van der Waals surface area contributed by atoms with E-state index in [9.17, 15) is 26.4 Å². The van der Waals surface area contributed by atoms with Crippen LogP contribution in [0.4, 0.5) is 18.9 Å². The van der Waals surface area contributed by atoms with E-state index in [4.69, 9.17) is 28.3 Å². The van der Waals surface area contributed by atoms with Crippen LogP contribution in [0.5, 0.6) is 0 Å². The number of thiophene rings is 1. The summed E-state index contributed by atoms with van der Waals surface area (Å²) < 4.78 is 64.2. The van der Waals surface area contributed by atoms with E-state index in [1.54, 1.807) is 0 Å². The van der Waals surface area contributed by atoms with Crippen LogP contribution in [0.2, 0.25) is 9.36 Å². The first kappa shape index (κ1) is 23.4. The first-order valence-corrected chi connectivity index (χ1v) is 11.8. The number of sulfonamides is 1. The summed E-state index contributed by atoms with van der Waals surface area (Å²) in [6, 6.07) is 7.79. The van der Waals surface area contributed by atoms with E-state index in [1.807, 2.05) is 0 Å². The number of nitrogens with zero attached hydrogens (tertiary/aromatic N) is 3. The first-order valence-electron chi connectivity index (χ1n) is 8.70. The Morgan fingerprint density at radius 3 is 2.39 bits per heavy atom. The second-order valence-corrected chi connectivity index (χ2v) is 10.5. The zero-order valence-electron chi connectivity index (χ0n) is 15.9. The number of amides is 1. The molecule has 0 aliphatic rings. The molecule has 172 valence electrons. The number of aromatic nitrogens is 3. The van der Waals surface area contributed by atoms with E-state index in [1.165, 1.54) is 24.3 Å². The molecule has 3 aromatic heterocycles. The predicted octanol–water partition coefficient (Wildman–Crippen LogP) is 4.68. The molecule has 0 spiro atoms. The largest absolute Gasteiger partial charge is 0.433 e. The molecule has 4 rings (SSSR count). The fraction of sp³-hybridized carbons (Fsp3) is 0.0556. The summed E-state index contributed by atoms with van der Waals surface area (Å²) in [6.45, 7) is 0. The Hall–Kier alpha value is -2.71. The molecule has 0 bridgehead atoms. The number of hydrogen-bond donors (Lipinski definition) is 2. The third kappa shape index (κ3) is 4.68. The maximum absolute atomic E-state index is 13.7. The highest BCUT2D eigenvalue weighted by molar-refractivity contribution is 7.91. The van der Waals surface area contributed by atoms with Gasteiger partial charge in [-0.2, -0.15) is 18.3 Å². The highest BCUT2D eigenvalue weighted by atomic mass is 35.5. The van der Waals surface area contributed by atoms with Gasteiger partial charge in [-0.25, -0.2) is 23.1 Å². The summed E-state index contributed by atoms with van der Waals surface area (Å²) in [6.07, 6.45) is -3.89. The van der Waals surface area contributed by atoms with Crippen molar-refractivity contribution in [2.24, 2.45) is 5.14 Å². The van der Waals surface area contributed by atoms with Crippen molar-refractivity contribution >= 4 is 61.8 Å². The van der Waals surface area contributed by atoms with Crippen LogP contribution >= 0.6 is 34.5 Å². The molecule has 0 unspecified atom stereocenters. The van der Waals surface area contributed by atoms with Crippen molar-refractivity contribution in [3.63, 3.8) is 0 Å². The first-order chi connectivity index (χ1) is 15.3. The highest BCUT2D eigenvalue weighted by Crippen LogP contribution is 2.36. The van der Waals surface area contributed by atoms with Gasteiger partial charge in [-0.15, -0.1) is 11.3 Å². The molecule has 1 amide bonds. The van der Waals surface area contributed by atoms with Gasteiger partial charge < -0.3 is 5.32 Å². The number of nitrogens with two attached hydrogens (primary N) is 1. The van der Waals surface area contributed by atoms with E-state index in [0.717, 1.165) is 18.3 Å². The van der Waals surface area contributed by atoms with Crippen LogP contribution < -0.4 is 10.5 Å². The lowest BCUT2D eigenvalue weighted by molar-refractivity contribution is -0.142. The third-order valence-corrected chi connectivity index (χ3v) is 7.37. The van der Waals surface area contributed by atoms with Crippen molar-refractivity contribution in [2.75, 3.05) is 5.32 Å². The Labute approximate surface area is 197 Å². The summed E-state index contributed by atoms with van der Waals surface area (Å²) in [7, 11) is -4.07. The van der Waals surface area contributed by atoms with E-state index >= 15 is 0 Å². The number of hydrogen-bond acceptors (Lipinski definition) is 6. The van der Waals surface area contributed by atoms with Crippen LogP contribution in [-0.2, 0) is 16.2 Å². The van der Waals surface area contributed by atoms with Gasteiger partial charge in [0.2, 0.25) is 10.0 Å². The van der Waals surface area contributed by atoms with E-state index in [0.29, 0.717) is 26.4 Å². The van der Waals surface area contributed by atoms with Crippen LogP contribution in [0.15, 0.2) is 46.8 Å². The number of nitrogens with one attached hydrogen (secondary N) is 1. The molecular weight excluding hydrogens is 526 g/mol. The van der Waals surface area contributed by atoms with E-state index in [2.05, 4.69) is 15.4 Å². The summed E-state index contributed by atoms with van der Waals surface area (Å²) in [5.74, 6) is -0.903. The fourth-order valence-corrected chi connectivity index (χ4v) is 5.04. The van der Waals surface area contributed by atoms with Gasteiger partial charge in [0.15, 0.2) is 11.3 Å². The van der Waals surface area contributed by atoms with E-state index in [-0.39, 0.29) is 31.1 Å². The molecule has 0 radical (unpaired) electrons. The van der Waals surface area contributed by atoms with Crippen LogP contribution in [0.3, 0.4) is 0 Å². The average molecular weight is 536 g/mol. The van der Waals surface area contributed by atoms with Gasteiger partial charge in [0.25, 0.3) is 5.91 Å². The molecule has 4 aromatic rings. The fourth-order valence-electron chi connectivity index (χ4n) is 2.86. The molecule has 0 aliphatic carbocycles. The Morgan fingerprint density at radius 1 is 1.15 bits per heavy atom. The number of primary sulfonamides is 1. The number of benzene rings is 1. The lowest BCUT2D eigenvalue weighted by atomic mass is 10.1. The predicted molar refractivity (Wildman–Crippen MR) is 117 cm³/mol. The Morgan fingerprint density at radius 2 is 1.82 bits per heavy atom. The average Bonchev–Trinajstić information content (AvgIpc) is 3.30. The monoisotopic (exact) mass is 535 g/mol. The molecule has 1 aromatic carbocycles. The second-order valence-electron chi connectivity index (χ2n) is 6.58. The second kappa shape index (κ2) is 8.25. The van der Waals surface area contributed by atoms with Crippen LogP contribution in [0.1, 0.15) is 16.1 Å². The number of carbonyl (C=O) groups is 1. The Bertz CT molecular complexity index is 1500. The molecule has 3 N–H and O–H groups in total. The standard InChI is InChI=1S/C18H10Cl2F3N5O3S2/c19-9-3-1-8(2-4-9)11-5-13(18(21,22)23)28-16(26-11)10(7-25-28)17(29)27-12-6-14(32-15(12)20)33(24,30)31/h1-7H,(H,27,29)(H2,24,30,31). The van der Waals surface area contributed by atoms with Gasteiger partial charge in [0.05, 0.1) is 17.6 Å². The third-order valence-electron chi connectivity index (χ3n) is 4.34. The minimum atomic E-state index is -4.80. The number of fused-ring (bicyclic) bond motifs is 1. The molecule has 0 saturated heterocycles. The smallest absolute Gasteiger partial charge is 0.320 e. The maximum atomic E-state index is 13.7. The van der Waals surface area contributed by atoms with Gasteiger partial charge in [-0.1, -0.05) is 35.3 Å². The van der Waals surface area contributed by atoms with Gasteiger partial charge >= 0.3 is 6.18 Å². The van der Waals surface area contributed by atoms with Gasteiger partial charge in [-0.3, -0.25) is 4.79 Å². The number of alkyl halides is 3. The maximum Gasteiger partial charge on any atom is 0.433 e. The van der Waals surface area contributed by atoms with Crippen molar-refractivity contribution < 1.29 is 26.4 Å². The van der Waals surface area contributed by atoms with Crippen molar-refractivity contribution in [3.8, 4) is 11.3 Å². The van der Waals surface area contributed by atoms with Crippen LogP contribution in [-0.4, -0.2) is 28.9 Å². The van der Waals surface area contributed by atoms with Crippen molar-refractivity contribution in [1.29, 1.82) is 0 Å². The van der Waals surface area contributed by atoms with Gasteiger partial charge in [-0.05, 0) is 24.3 Å². The molecule has 0 aliphatic heterocycles. The van der Waals surface area contributed by atoms with Gasteiger partial charge in [0, 0.05) is 10.6 Å². The zero-order valence-corrected chi connectivity index (χ0v) is 19.0. The summed E-state index contributed by atoms with van der Waals surface area (Å²) in [5.41, 5.74) is -1.63. The highest BCUT2D eigenvalue weighted by Gasteiger charge is 2.36. The lowest BCUT2D eigenvalue weighted by Gasteiger charge is -2.11. The van der Waals surface area contributed by atoms with E-state index < -0.39 is 27.8 Å². The van der Waals surface area contributed by atoms with Crippen molar-refractivity contribution in [2.45, 2.75) is 10.4 Å². The van der Waals surface area contributed by atoms with Crippen molar-refractivity contribution in [3.05, 3.63) is 63.2 Å². The van der Waals surface area contributed by atoms with Gasteiger partial charge in [0.1, 0.15) is 14.1 Å². The minimum Gasteiger partial charge on any atom is -0.320 e. The molecule has 3 heterocycles. The summed E-state index contributed by atoms with van der Waals surface area (Å²) in [5, 5.41) is 11.5. The molecular formula is C18H10Cl2F3N5O3S2. The number of anilines is 1. The molecule has 0 fully saturated rings. The Balaban J connectivity index is 1.82. The molecule has 0 atom stereocenters. The molecule has 15 heteroatoms. The summed E-state index contributed by atoms with van der Waals surface area (Å²) in [4.78, 5) is 17.0. The molecule has 8 nitrogen and oxygen atoms in total. The van der Waals surface area contributed by atoms with Crippen LogP contribution in [0.25, 0.3) is 16.9 Å². The van der Waals surface area contributed by atoms with Crippen LogP contribution in [0, 0.1) is 0 Å². The van der Waals surface area contributed by atoms with Crippen molar-refractivity contribution in [1.82, 2.24) is 14.6 Å². The SMILES string of the molecule is NS(=O)(=O)c1cc(NC(=O)c2cnn3c(C(F)(F)F)cc(-c4ccc(Cl)cc4)nc23)c(Cl)s1. The number of halogens is 5. The molecule has 33 heavy (non-hydrogen) atoms. The molecule has 0 saturated carbocycles. The quantitative estimate of drug-likeness (QED) is 0.393. The topological polar surface area (TPSA) is 119 Å². The minimum absolute atomic E-state index is 0.0638. The Kier molecular flexibility index (Phi) is 5.87. The number of carbonyl (C=O) groups excluding carboxylic acids is 1. The summed E-state index contributed by atoms with van der Waals surface area (Å²) >= 11 is 12.4.